The molecule has 3 heteroatoms. The first kappa shape index (κ1) is 10.7. The van der Waals surface area contributed by atoms with Crippen molar-refractivity contribution in [2.45, 2.75) is 6.92 Å². The first-order valence-electron chi connectivity index (χ1n) is 5.81. The van der Waals surface area contributed by atoms with Gasteiger partial charge in [0.2, 0.25) is 0 Å². The van der Waals surface area contributed by atoms with Crippen molar-refractivity contribution >= 4 is 16.7 Å². The number of benzene rings is 2. The Morgan fingerprint density at radius 1 is 1.06 bits per heavy atom. The molecule has 0 aliphatic heterocycles. The van der Waals surface area contributed by atoms with Gasteiger partial charge in [-0.25, -0.2) is 0 Å². The Morgan fingerprint density at radius 3 is 2.56 bits per heavy atom. The zero-order valence-electron chi connectivity index (χ0n) is 9.97. The van der Waals surface area contributed by atoms with Crippen molar-refractivity contribution in [3.05, 3.63) is 54.1 Å². The van der Waals surface area contributed by atoms with Gasteiger partial charge in [0, 0.05) is 16.5 Å². The Balaban J connectivity index is 2.35. The van der Waals surface area contributed by atoms with Gasteiger partial charge in [-0.15, -0.1) is 0 Å². The molecule has 0 saturated heterocycles. The van der Waals surface area contributed by atoms with E-state index in [2.05, 4.69) is 10.2 Å². The van der Waals surface area contributed by atoms with E-state index in [1.807, 2.05) is 48.5 Å². The number of ketones is 1. The fourth-order valence-corrected chi connectivity index (χ4v) is 2.17. The minimum absolute atomic E-state index is 0.0548. The Hall–Kier alpha value is -2.42. The smallest absolute Gasteiger partial charge is 0.160 e. The molecule has 0 unspecified atom stereocenters. The minimum atomic E-state index is 0.0548. The molecular formula is C15H12N2O. The van der Waals surface area contributed by atoms with E-state index in [0.717, 1.165) is 22.2 Å². The van der Waals surface area contributed by atoms with E-state index < -0.39 is 0 Å². The average Bonchev–Trinajstić information content (AvgIpc) is 2.83. The lowest BCUT2D eigenvalue weighted by Gasteiger charge is -2.01. The Morgan fingerprint density at radius 2 is 1.83 bits per heavy atom. The number of hydrogen-bond acceptors (Lipinski definition) is 2. The molecule has 3 nitrogen and oxygen atoms in total. The molecule has 3 rings (SSSR count). The second-order valence-electron chi connectivity index (χ2n) is 4.22. The average molecular weight is 236 g/mol. The van der Waals surface area contributed by atoms with Gasteiger partial charge in [0.25, 0.3) is 0 Å². The molecule has 0 radical (unpaired) electrons. The summed E-state index contributed by atoms with van der Waals surface area (Å²) in [5.74, 6) is 0.0548. The molecule has 0 spiro atoms. The lowest BCUT2D eigenvalue weighted by atomic mass is 10.0. The molecule has 0 saturated carbocycles. The molecule has 0 aliphatic rings. The van der Waals surface area contributed by atoms with E-state index >= 15 is 0 Å². The maximum Gasteiger partial charge on any atom is 0.160 e. The monoisotopic (exact) mass is 236 g/mol. The summed E-state index contributed by atoms with van der Waals surface area (Å²) in [5.41, 5.74) is 3.44. The SMILES string of the molecule is CC(=O)c1cccc2[nH]nc(-c3ccccc3)c12. The lowest BCUT2D eigenvalue weighted by molar-refractivity contribution is 0.101. The van der Waals surface area contributed by atoms with E-state index in [9.17, 15) is 4.79 Å². The standard InChI is InChI=1S/C15H12N2O/c1-10(18)12-8-5-9-13-14(12)15(17-16-13)11-6-3-2-4-7-11/h2-9H,1H3,(H,16,17). The van der Waals surface area contributed by atoms with Crippen LogP contribution in [0.3, 0.4) is 0 Å². The van der Waals surface area contributed by atoms with Crippen LogP contribution in [0.1, 0.15) is 17.3 Å². The van der Waals surface area contributed by atoms with Crippen LogP contribution in [0.5, 0.6) is 0 Å². The minimum Gasteiger partial charge on any atom is -0.294 e. The molecule has 18 heavy (non-hydrogen) atoms. The number of fused-ring (bicyclic) bond motifs is 1. The van der Waals surface area contributed by atoms with Crippen molar-refractivity contribution in [3.8, 4) is 11.3 Å². The van der Waals surface area contributed by atoms with Gasteiger partial charge in [0.1, 0.15) is 5.69 Å². The van der Waals surface area contributed by atoms with Gasteiger partial charge >= 0.3 is 0 Å². The summed E-state index contributed by atoms with van der Waals surface area (Å²) in [4.78, 5) is 11.7. The van der Waals surface area contributed by atoms with Crippen LogP contribution in [0.4, 0.5) is 0 Å². The number of aromatic amines is 1. The molecule has 3 aromatic rings. The normalized spacial score (nSPS) is 10.7. The van der Waals surface area contributed by atoms with Gasteiger partial charge in [-0.2, -0.15) is 5.10 Å². The molecule has 2 aromatic carbocycles. The van der Waals surface area contributed by atoms with Crippen LogP contribution >= 0.6 is 0 Å². The third kappa shape index (κ3) is 1.61. The molecule has 0 fully saturated rings. The van der Waals surface area contributed by atoms with Crippen molar-refractivity contribution in [2.75, 3.05) is 0 Å². The van der Waals surface area contributed by atoms with E-state index in [4.69, 9.17) is 0 Å². The lowest BCUT2D eigenvalue weighted by Crippen LogP contribution is -1.93. The first-order valence-corrected chi connectivity index (χ1v) is 5.81. The third-order valence-corrected chi connectivity index (χ3v) is 3.02. The number of aromatic nitrogens is 2. The molecule has 88 valence electrons. The number of carbonyl (C=O) groups excluding carboxylic acids is 1. The van der Waals surface area contributed by atoms with E-state index in [-0.39, 0.29) is 5.78 Å². The highest BCUT2D eigenvalue weighted by Gasteiger charge is 2.13. The second kappa shape index (κ2) is 4.11. The number of Topliss-reactive ketones (excluding diaryl/α,β-unsaturated/α-hetero) is 1. The quantitative estimate of drug-likeness (QED) is 0.693. The highest BCUT2D eigenvalue weighted by atomic mass is 16.1. The highest BCUT2D eigenvalue weighted by molar-refractivity contribution is 6.10. The topological polar surface area (TPSA) is 45.8 Å². The molecule has 0 bridgehead atoms. The Labute approximate surface area is 104 Å². The van der Waals surface area contributed by atoms with Crippen molar-refractivity contribution < 1.29 is 4.79 Å². The molecule has 0 atom stereocenters. The van der Waals surface area contributed by atoms with Crippen molar-refractivity contribution in [1.82, 2.24) is 10.2 Å². The van der Waals surface area contributed by atoms with E-state index in [0.29, 0.717) is 5.56 Å². The second-order valence-corrected chi connectivity index (χ2v) is 4.22. The molecule has 1 heterocycles. The predicted octanol–water partition coefficient (Wildman–Crippen LogP) is 3.43. The van der Waals surface area contributed by atoms with Gasteiger partial charge in [-0.1, -0.05) is 42.5 Å². The van der Waals surface area contributed by atoms with Gasteiger partial charge in [0.15, 0.2) is 5.78 Å². The largest absolute Gasteiger partial charge is 0.294 e. The van der Waals surface area contributed by atoms with Gasteiger partial charge in [-0.05, 0) is 13.0 Å². The number of carbonyl (C=O) groups is 1. The van der Waals surface area contributed by atoms with Gasteiger partial charge < -0.3 is 0 Å². The number of nitrogens with zero attached hydrogens (tertiary/aromatic N) is 1. The van der Waals surface area contributed by atoms with Crippen LogP contribution in [0, 0.1) is 0 Å². The zero-order valence-corrected chi connectivity index (χ0v) is 9.97. The summed E-state index contributed by atoms with van der Waals surface area (Å²) >= 11 is 0. The summed E-state index contributed by atoms with van der Waals surface area (Å²) in [6, 6.07) is 15.5. The highest BCUT2D eigenvalue weighted by Crippen LogP contribution is 2.29. The number of H-pyrrole nitrogens is 1. The van der Waals surface area contributed by atoms with Crippen LogP contribution in [0.15, 0.2) is 48.5 Å². The fraction of sp³-hybridized carbons (Fsp3) is 0.0667. The summed E-state index contributed by atoms with van der Waals surface area (Å²) in [6.45, 7) is 1.58. The van der Waals surface area contributed by atoms with Crippen LogP contribution < -0.4 is 0 Å². The van der Waals surface area contributed by atoms with Crippen LogP contribution in [-0.4, -0.2) is 16.0 Å². The Kier molecular flexibility index (Phi) is 2.45. The summed E-state index contributed by atoms with van der Waals surface area (Å²) < 4.78 is 0. The number of nitrogens with one attached hydrogen (secondary N) is 1. The first-order chi connectivity index (χ1) is 8.77. The molecule has 0 aliphatic carbocycles. The summed E-state index contributed by atoms with van der Waals surface area (Å²) in [5, 5.41) is 8.21. The molecule has 1 N–H and O–H groups in total. The van der Waals surface area contributed by atoms with Gasteiger partial charge in [-0.3, -0.25) is 9.89 Å². The van der Waals surface area contributed by atoms with Crippen LogP contribution in [-0.2, 0) is 0 Å². The summed E-state index contributed by atoms with van der Waals surface area (Å²) in [7, 11) is 0. The molecular weight excluding hydrogens is 224 g/mol. The van der Waals surface area contributed by atoms with E-state index in [1.165, 1.54) is 0 Å². The van der Waals surface area contributed by atoms with E-state index in [1.54, 1.807) is 6.92 Å². The van der Waals surface area contributed by atoms with Gasteiger partial charge in [0.05, 0.1) is 5.52 Å². The third-order valence-electron chi connectivity index (χ3n) is 3.02. The molecule has 0 amide bonds. The zero-order chi connectivity index (χ0) is 12.5. The summed E-state index contributed by atoms with van der Waals surface area (Å²) in [6.07, 6.45) is 0. The Bertz CT molecular complexity index is 714. The predicted molar refractivity (Wildman–Crippen MR) is 71.5 cm³/mol. The maximum absolute atomic E-state index is 11.7. The number of hydrogen-bond donors (Lipinski definition) is 1. The van der Waals surface area contributed by atoms with Crippen molar-refractivity contribution in [1.29, 1.82) is 0 Å². The van der Waals surface area contributed by atoms with Crippen LogP contribution in [0.25, 0.3) is 22.2 Å². The van der Waals surface area contributed by atoms with Crippen LogP contribution in [0.2, 0.25) is 0 Å². The number of rotatable bonds is 2. The molecule has 1 aromatic heterocycles. The van der Waals surface area contributed by atoms with Crippen molar-refractivity contribution in [3.63, 3.8) is 0 Å². The maximum atomic E-state index is 11.7. The fourth-order valence-electron chi connectivity index (χ4n) is 2.17. The van der Waals surface area contributed by atoms with Crippen molar-refractivity contribution in [2.24, 2.45) is 0 Å².